The summed E-state index contributed by atoms with van der Waals surface area (Å²) in [6.07, 6.45) is 2.15. The molecule has 1 aliphatic carbocycles. The Hall–Kier alpha value is -0.990. The number of rotatable bonds is 2. The van der Waals surface area contributed by atoms with E-state index in [4.69, 9.17) is 11.6 Å². The number of benzene rings is 2. The van der Waals surface area contributed by atoms with Gasteiger partial charge in [-0.05, 0) is 64.5 Å². The molecule has 0 aromatic heterocycles. The Morgan fingerprint density at radius 3 is 2.42 bits per heavy atom. The molecule has 0 bridgehead atoms. The second-order valence-electron chi connectivity index (χ2n) is 5.10. The Bertz CT molecular complexity index is 599. The average molecular weight is 337 g/mol. The molecule has 1 aliphatic rings. The number of fused-ring (bicyclic) bond motifs is 1. The van der Waals surface area contributed by atoms with Gasteiger partial charge in [-0.3, -0.25) is 0 Å². The van der Waals surface area contributed by atoms with E-state index in [1.165, 1.54) is 11.1 Å². The van der Waals surface area contributed by atoms with E-state index in [0.29, 0.717) is 6.04 Å². The lowest BCUT2D eigenvalue weighted by Gasteiger charge is -2.16. The van der Waals surface area contributed by atoms with Crippen molar-refractivity contribution in [1.29, 1.82) is 0 Å². The van der Waals surface area contributed by atoms with Crippen molar-refractivity contribution >= 4 is 33.2 Å². The minimum Gasteiger partial charge on any atom is -0.381 e. The van der Waals surface area contributed by atoms with Gasteiger partial charge in [-0.1, -0.05) is 35.9 Å². The van der Waals surface area contributed by atoms with Crippen LogP contribution in [0, 0.1) is 6.92 Å². The molecule has 2 aromatic carbocycles. The maximum atomic E-state index is 6.20. The molecule has 1 N–H and O–H groups in total. The zero-order chi connectivity index (χ0) is 13.4. The SMILES string of the molecule is Cc1cc(Br)c(NC2Cc3ccccc3C2)cc1Cl. The van der Waals surface area contributed by atoms with Gasteiger partial charge >= 0.3 is 0 Å². The standard InChI is InChI=1S/C16H15BrClN/c1-10-6-14(17)16(9-15(10)18)19-13-7-11-4-2-3-5-12(11)8-13/h2-6,9,13,19H,7-8H2,1H3. The highest BCUT2D eigenvalue weighted by molar-refractivity contribution is 9.10. The van der Waals surface area contributed by atoms with Gasteiger partial charge in [0.2, 0.25) is 0 Å². The lowest BCUT2D eigenvalue weighted by molar-refractivity contribution is 0.773. The van der Waals surface area contributed by atoms with Gasteiger partial charge in [-0.25, -0.2) is 0 Å². The number of nitrogens with one attached hydrogen (secondary N) is 1. The second kappa shape index (κ2) is 5.18. The number of hydrogen-bond acceptors (Lipinski definition) is 1. The molecular weight excluding hydrogens is 322 g/mol. The predicted molar refractivity (Wildman–Crippen MR) is 85.1 cm³/mol. The number of anilines is 1. The van der Waals surface area contributed by atoms with Crippen molar-refractivity contribution in [3.8, 4) is 0 Å². The molecule has 98 valence electrons. The summed E-state index contributed by atoms with van der Waals surface area (Å²) in [5.74, 6) is 0. The normalized spacial score (nSPS) is 14.5. The van der Waals surface area contributed by atoms with Crippen LogP contribution in [0.3, 0.4) is 0 Å². The number of aryl methyl sites for hydroxylation is 1. The van der Waals surface area contributed by atoms with Crippen LogP contribution in [-0.2, 0) is 12.8 Å². The predicted octanol–water partition coefficient (Wildman–Crippen LogP) is 4.99. The first-order valence-electron chi connectivity index (χ1n) is 6.42. The zero-order valence-electron chi connectivity index (χ0n) is 10.7. The topological polar surface area (TPSA) is 12.0 Å². The monoisotopic (exact) mass is 335 g/mol. The van der Waals surface area contributed by atoms with Gasteiger partial charge in [0.1, 0.15) is 0 Å². The van der Waals surface area contributed by atoms with Gasteiger partial charge in [0, 0.05) is 15.5 Å². The lowest BCUT2D eigenvalue weighted by atomic mass is 10.1. The highest BCUT2D eigenvalue weighted by Crippen LogP contribution is 2.32. The van der Waals surface area contributed by atoms with E-state index in [9.17, 15) is 0 Å². The van der Waals surface area contributed by atoms with Crippen LogP contribution in [0.15, 0.2) is 40.9 Å². The maximum absolute atomic E-state index is 6.20. The third-order valence-corrected chi connectivity index (χ3v) is 4.72. The van der Waals surface area contributed by atoms with E-state index in [1.54, 1.807) is 0 Å². The van der Waals surface area contributed by atoms with Crippen LogP contribution in [0.5, 0.6) is 0 Å². The summed E-state index contributed by atoms with van der Waals surface area (Å²) in [5.41, 5.74) is 5.07. The van der Waals surface area contributed by atoms with Gasteiger partial charge in [0.15, 0.2) is 0 Å². The molecule has 0 amide bonds. The molecule has 0 saturated heterocycles. The Balaban J connectivity index is 1.79. The van der Waals surface area contributed by atoms with E-state index in [1.807, 2.05) is 13.0 Å². The first kappa shape index (κ1) is 13.0. The molecule has 0 heterocycles. The summed E-state index contributed by atoms with van der Waals surface area (Å²) >= 11 is 9.80. The van der Waals surface area contributed by atoms with Gasteiger partial charge in [-0.2, -0.15) is 0 Å². The fraction of sp³-hybridized carbons (Fsp3) is 0.250. The molecule has 0 atom stereocenters. The van der Waals surface area contributed by atoms with Crippen LogP contribution in [0.25, 0.3) is 0 Å². The maximum Gasteiger partial charge on any atom is 0.0502 e. The van der Waals surface area contributed by atoms with Gasteiger partial charge in [0.05, 0.1) is 5.69 Å². The molecule has 0 spiro atoms. The summed E-state index contributed by atoms with van der Waals surface area (Å²) in [7, 11) is 0. The zero-order valence-corrected chi connectivity index (χ0v) is 13.1. The quantitative estimate of drug-likeness (QED) is 0.814. The fourth-order valence-corrected chi connectivity index (χ4v) is 3.37. The Labute approximate surface area is 127 Å². The summed E-state index contributed by atoms with van der Waals surface area (Å²) in [6, 6.07) is 13.2. The van der Waals surface area contributed by atoms with Crippen LogP contribution in [0.4, 0.5) is 5.69 Å². The molecule has 0 unspecified atom stereocenters. The molecule has 2 aromatic rings. The summed E-state index contributed by atoms with van der Waals surface area (Å²) < 4.78 is 1.07. The summed E-state index contributed by atoms with van der Waals surface area (Å²) in [4.78, 5) is 0. The van der Waals surface area contributed by atoms with E-state index in [-0.39, 0.29) is 0 Å². The Morgan fingerprint density at radius 1 is 1.16 bits per heavy atom. The van der Waals surface area contributed by atoms with E-state index in [2.05, 4.69) is 51.6 Å². The summed E-state index contributed by atoms with van der Waals surface area (Å²) in [5, 5.41) is 4.40. The van der Waals surface area contributed by atoms with Crippen molar-refractivity contribution in [3.05, 3.63) is 62.6 Å². The number of hydrogen-bond donors (Lipinski definition) is 1. The first-order chi connectivity index (χ1) is 9.13. The van der Waals surface area contributed by atoms with Crippen molar-refractivity contribution < 1.29 is 0 Å². The van der Waals surface area contributed by atoms with Crippen LogP contribution < -0.4 is 5.32 Å². The minimum atomic E-state index is 0.451. The van der Waals surface area contributed by atoms with E-state index in [0.717, 1.165) is 33.6 Å². The van der Waals surface area contributed by atoms with E-state index < -0.39 is 0 Å². The third kappa shape index (κ3) is 2.65. The van der Waals surface area contributed by atoms with Crippen LogP contribution in [0.2, 0.25) is 5.02 Å². The fourth-order valence-electron chi connectivity index (χ4n) is 2.64. The van der Waals surface area contributed by atoms with E-state index >= 15 is 0 Å². The van der Waals surface area contributed by atoms with Crippen molar-refractivity contribution in [3.63, 3.8) is 0 Å². The van der Waals surface area contributed by atoms with Crippen molar-refractivity contribution in [2.75, 3.05) is 5.32 Å². The van der Waals surface area contributed by atoms with Gasteiger partial charge in [-0.15, -0.1) is 0 Å². The highest BCUT2D eigenvalue weighted by atomic mass is 79.9. The third-order valence-electron chi connectivity index (χ3n) is 3.66. The molecule has 0 fully saturated rings. The van der Waals surface area contributed by atoms with Crippen LogP contribution in [-0.4, -0.2) is 6.04 Å². The molecular formula is C16H15BrClN. The summed E-state index contributed by atoms with van der Waals surface area (Å²) in [6.45, 7) is 2.02. The largest absolute Gasteiger partial charge is 0.381 e. The number of halogens is 2. The first-order valence-corrected chi connectivity index (χ1v) is 7.59. The van der Waals surface area contributed by atoms with Gasteiger partial charge < -0.3 is 5.32 Å². The molecule has 1 nitrogen and oxygen atoms in total. The molecule has 0 radical (unpaired) electrons. The molecule has 19 heavy (non-hydrogen) atoms. The highest BCUT2D eigenvalue weighted by Gasteiger charge is 2.21. The Morgan fingerprint density at radius 2 is 1.79 bits per heavy atom. The van der Waals surface area contributed by atoms with Crippen molar-refractivity contribution in [1.82, 2.24) is 0 Å². The Kier molecular flexibility index (Phi) is 3.55. The second-order valence-corrected chi connectivity index (χ2v) is 6.36. The molecule has 0 saturated carbocycles. The average Bonchev–Trinajstić information content (AvgIpc) is 2.78. The van der Waals surface area contributed by atoms with Crippen molar-refractivity contribution in [2.45, 2.75) is 25.8 Å². The molecule has 0 aliphatic heterocycles. The minimum absolute atomic E-state index is 0.451. The molecule has 3 rings (SSSR count). The molecule has 3 heteroatoms. The van der Waals surface area contributed by atoms with Crippen LogP contribution >= 0.6 is 27.5 Å². The van der Waals surface area contributed by atoms with Crippen molar-refractivity contribution in [2.24, 2.45) is 0 Å². The smallest absolute Gasteiger partial charge is 0.0502 e. The van der Waals surface area contributed by atoms with Gasteiger partial charge in [0.25, 0.3) is 0 Å². The lowest BCUT2D eigenvalue weighted by Crippen LogP contribution is -2.19. The van der Waals surface area contributed by atoms with Crippen LogP contribution in [0.1, 0.15) is 16.7 Å².